The highest BCUT2D eigenvalue weighted by Crippen LogP contribution is 2.30. The topological polar surface area (TPSA) is 86.8 Å². The Kier molecular flexibility index (Phi) is 6.11. The molecule has 1 aliphatic carbocycles. The molecule has 1 fully saturated rings. The summed E-state index contributed by atoms with van der Waals surface area (Å²) in [6, 6.07) is 8.14. The van der Waals surface area contributed by atoms with Crippen LogP contribution < -0.4 is 5.32 Å². The third kappa shape index (κ3) is 4.63. The van der Waals surface area contributed by atoms with E-state index < -0.39 is 0 Å². The number of amides is 1. The molecule has 1 atom stereocenters. The Labute approximate surface area is 195 Å². The van der Waals surface area contributed by atoms with Crippen molar-refractivity contribution in [2.24, 2.45) is 0 Å². The van der Waals surface area contributed by atoms with Crippen molar-refractivity contribution < 1.29 is 4.79 Å². The van der Waals surface area contributed by atoms with E-state index in [9.17, 15) is 4.79 Å². The number of aromatic amines is 1. The molecular formula is C26H32N6O. The van der Waals surface area contributed by atoms with E-state index in [0.717, 1.165) is 78.4 Å². The van der Waals surface area contributed by atoms with Crippen LogP contribution in [0.1, 0.15) is 76.7 Å². The zero-order valence-corrected chi connectivity index (χ0v) is 19.5. The number of pyridine rings is 2. The molecule has 1 amide bonds. The van der Waals surface area contributed by atoms with Crippen molar-refractivity contribution >= 4 is 17.4 Å². The summed E-state index contributed by atoms with van der Waals surface area (Å²) in [4.78, 5) is 24.7. The SMILES string of the molecule is Cc1cc(Nc2ncccc2C)cc([C@@H]2CCCN(C(=O)c3n[nH]c4c3CCCCC4)C2)n1. The number of carbonyl (C=O) groups is 1. The second kappa shape index (κ2) is 9.33. The molecule has 2 N–H and O–H groups in total. The molecule has 2 aliphatic rings. The van der Waals surface area contributed by atoms with Crippen LogP contribution in [0, 0.1) is 13.8 Å². The fraction of sp³-hybridized carbons (Fsp3) is 0.462. The molecule has 7 heteroatoms. The predicted octanol–water partition coefficient (Wildman–Crippen LogP) is 4.85. The highest BCUT2D eigenvalue weighted by Gasteiger charge is 2.30. The summed E-state index contributed by atoms with van der Waals surface area (Å²) in [5, 5.41) is 11.0. The van der Waals surface area contributed by atoms with Gasteiger partial charge in [0.1, 0.15) is 5.82 Å². The van der Waals surface area contributed by atoms with Crippen LogP contribution >= 0.6 is 0 Å². The van der Waals surface area contributed by atoms with E-state index in [1.54, 1.807) is 6.20 Å². The number of nitrogens with one attached hydrogen (secondary N) is 2. The summed E-state index contributed by atoms with van der Waals surface area (Å²) in [5.74, 6) is 1.13. The van der Waals surface area contributed by atoms with Crippen LogP contribution in [0.25, 0.3) is 0 Å². The van der Waals surface area contributed by atoms with Gasteiger partial charge in [0, 0.05) is 53.5 Å². The molecule has 0 saturated carbocycles. The maximum Gasteiger partial charge on any atom is 0.274 e. The lowest BCUT2D eigenvalue weighted by Gasteiger charge is -2.32. The number of hydrogen-bond donors (Lipinski definition) is 2. The first-order valence-corrected chi connectivity index (χ1v) is 12.1. The Morgan fingerprint density at radius 3 is 2.91 bits per heavy atom. The Hall–Kier alpha value is -3.22. The molecule has 3 aromatic rings. The number of likely N-dealkylation sites (tertiary alicyclic amines) is 1. The van der Waals surface area contributed by atoms with Crippen LogP contribution in [0.3, 0.4) is 0 Å². The highest BCUT2D eigenvalue weighted by molar-refractivity contribution is 5.94. The first-order chi connectivity index (χ1) is 16.1. The van der Waals surface area contributed by atoms with Crippen LogP contribution in [-0.4, -0.2) is 44.1 Å². The van der Waals surface area contributed by atoms with Gasteiger partial charge in [-0.2, -0.15) is 5.10 Å². The van der Waals surface area contributed by atoms with Gasteiger partial charge in [0.15, 0.2) is 5.69 Å². The largest absolute Gasteiger partial charge is 0.340 e. The van der Waals surface area contributed by atoms with Crippen molar-refractivity contribution in [1.82, 2.24) is 25.1 Å². The van der Waals surface area contributed by atoms with Crippen molar-refractivity contribution in [1.29, 1.82) is 0 Å². The molecule has 1 saturated heterocycles. The molecule has 0 radical (unpaired) electrons. The van der Waals surface area contributed by atoms with E-state index in [1.807, 2.05) is 36.9 Å². The van der Waals surface area contributed by atoms with E-state index in [2.05, 4.69) is 26.6 Å². The lowest BCUT2D eigenvalue weighted by Crippen LogP contribution is -2.40. The minimum Gasteiger partial charge on any atom is -0.340 e. The Balaban J connectivity index is 1.35. The molecule has 0 aromatic carbocycles. The van der Waals surface area contributed by atoms with Crippen molar-refractivity contribution in [3.05, 3.63) is 64.4 Å². The number of anilines is 2. The van der Waals surface area contributed by atoms with Crippen molar-refractivity contribution in [2.45, 2.75) is 64.7 Å². The average molecular weight is 445 g/mol. The van der Waals surface area contributed by atoms with Gasteiger partial charge < -0.3 is 10.2 Å². The summed E-state index contributed by atoms with van der Waals surface area (Å²) >= 11 is 0. The van der Waals surface area contributed by atoms with Gasteiger partial charge in [0.2, 0.25) is 0 Å². The normalized spacial score (nSPS) is 18.5. The van der Waals surface area contributed by atoms with E-state index in [0.29, 0.717) is 12.2 Å². The third-order valence-electron chi connectivity index (χ3n) is 6.88. The predicted molar refractivity (Wildman–Crippen MR) is 129 cm³/mol. The maximum absolute atomic E-state index is 13.4. The van der Waals surface area contributed by atoms with Crippen LogP contribution in [0.4, 0.5) is 11.5 Å². The minimum absolute atomic E-state index is 0.0641. The molecule has 4 heterocycles. The number of fused-ring (bicyclic) bond motifs is 1. The van der Waals surface area contributed by atoms with Gasteiger partial charge in [-0.25, -0.2) is 4.98 Å². The molecule has 3 aromatic heterocycles. The second-order valence-corrected chi connectivity index (χ2v) is 9.40. The summed E-state index contributed by atoms with van der Waals surface area (Å²) in [5.41, 5.74) is 7.02. The molecule has 0 spiro atoms. The van der Waals surface area contributed by atoms with Crippen molar-refractivity contribution in [3.63, 3.8) is 0 Å². The van der Waals surface area contributed by atoms with Gasteiger partial charge in [-0.1, -0.05) is 12.5 Å². The molecule has 33 heavy (non-hydrogen) atoms. The van der Waals surface area contributed by atoms with Crippen molar-refractivity contribution in [3.8, 4) is 0 Å². The zero-order chi connectivity index (χ0) is 22.8. The fourth-order valence-electron chi connectivity index (χ4n) is 5.12. The average Bonchev–Trinajstić information content (AvgIpc) is 3.07. The lowest BCUT2D eigenvalue weighted by atomic mass is 9.93. The van der Waals surface area contributed by atoms with Gasteiger partial charge in [-0.3, -0.25) is 14.9 Å². The number of aromatic nitrogens is 4. The summed E-state index contributed by atoms with van der Waals surface area (Å²) in [6.07, 6.45) is 9.26. The number of nitrogens with zero attached hydrogens (tertiary/aromatic N) is 4. The molecule has 0 bridgehead atoms. The van der Waals surface area contributed by atoms with E-state index >= 15 is 0 Å². The zero-order valence-electron chi connectivity index (χ0n) is 19.5. The van der Waals surface area contributed by atoms with E-state index in [-0.39, 0.29) is 11.8 Å². The fourth-order valence-corrected chi connectivity index (χ4v) is 5.12. The lowest BCUT2D eigenvalue weighted by molar-refractivity contribution is 0.0698. The van der Waals surface area contributed by atoms with Gasteiger partial charge in [0.25, 0.3) is 5.91 Å². The van der Waals surface area contributed by atoms with Crippen LogP contribution in [-0.2, 0) is 12.8 Å². The molecule has 7 nitrogen and oxygen atoms in total. The number of hydrogen-bond acceptors (Lipinski definition) is 5. The first kappa shape index (κ1) is 21.6. The summed E-state index contributed by atoms with van der Waals surface area (Å²) < 4.78 is 0. The Bertz CT molecular complexity index is 1150. The standard InChI is InChI=1S/C26H32N6O/c1-17-8-6-12-27-25(17)29-20-14-18(2)28-23(15-20)19-9-7-13-32(16-19)26(33)24-21-10-4-3-5-11-22(21)30-31-24/h6,8,12,14-15,19H,3-5,7,9-11,13,16H2,1-2H3,(H,30,31)(H,27,28,29)/t19-/m1/s1. The Morgan fingerprint density at radius 1 is 1.15 bits per heavy atom. The quantitative estimate of drug-likeness (QED) is 0.562. The third-order valence-corrected chi connectivity index (χ3v) is 6.88. The maximum atomic E-state index is 13.4. The monoisotopic (exact) mass is 444 g/mol. The highest BCUT2D eigenvalue weighted by atomic mass is 16.2. The van der Waals surface area contributed by atoms with E-state index in [1.165, 1.54) is 12.8 Å². The smallest absolute Gasteiger partial charge is 0.274 e. The van der Waals surface area contributed by atoms with Crippen molar-refractivity contribution in [2.75, 3.05) is 18.4 Å². The van der Waals surface area contributed by atoms with Gasteiger partial charge in [-0.05, 0) is 76.1 Å². The Morgan fingerprint density at radius 2 is 2.03 bits per heavy atom. The number of H-pyrrole nitrogens is 1. The summed E-state index contributed by atoms with van der Waals surface area (Å²) in [7, 11) is 0. The van der Waals surface area contributed by atoms with Crippen LogP contribution in [0.5, 0.6) is 0 Å². The van der Waals surface area contributed by atoms with Gasteiger partial charge >= 0.3 is 0 Å². The second-order valence-electron chi connectivity index (χ2n) is 9.40. The molecule has 1 aliphatic heterocycles. The summed E-state index contributed by atoms with van der Waals surface area (Å²) in [6.45, 7) is 5.52. The van der Waals surface area contributed by atoms with Gasteiger partial charge in [-0.15, -0.1) is 0 Å². The first-order valence-electron chi connectivity index (χ1n) is 12.1. The minimum atomic E-state index is 0.0641. The molecular weight excluding hydrogens is 412 g/mol. The molecule has 5 rings (SSSR count). The molecule has 172 valence electrons. The molecule has 0 unspecified atom stereocenters. The van der Waals surface area contributed by atoms with E-state index in [4.69, 9.17) is 4.98 Å². The number of piperidine rings is 1. The number of aryl methyl sites for hydroxylation is 3. The number of carbonyl (C=O) groups excluding carboxylic acids is 1. The van der Waals surface area contributed by atoms with Crippen LogP contribution in [0.15, 0.2) is 30.5 Å². The van der Waals surface area contributed by atoms with Gasteiger partial charge in [0.05, 0.1) is 0 Å². The van der Waals surface area contributed by atoms with Crippen LogP contribution in [0.2, 0.25) is 0 Å². The number of rotatable bonds is 4.